The number of aromatic amines is 1. The number of nitrogens with one attached hydrogen (secondary N) is 11. The van der Waals surface area contributed by atoms with Crippen molar-refractivity contribution >= 4 is 70.2 Å². The zero-order valence-corrected chi connectivity index (χ0v) is 57.5. The van der Waals surface area contributed by atoms with Gasteiger partial charge in [0.15, 0.2) is 16.8 Å². The smallest absolute Gasteiger partial charge is 0.323 e. The van der Waals surface area contributed by atoms with E-state index in [0.29, 0.717) is 28.5 Å². The van der Waals surface area contributed by atoms with Gasteiger partial charge in [0.25, 0.3) is 0 Å². The van der Waals surface area contributed by atoms with Gasteiger partial charge in [-0.05, 0) is 104 Å². The highest BCUT2D eigenvalue weighted by molar-refractivity contribution is 7.14. The Morgan fingerprint density at radius 1 is 0.424 bits per heavy atom. The van der Waals surface area contributed by atoms with Gasteiger partial charge < -0.3 is 40.0 Å². The molecule has 0 aliphatic heterocycles. The molecule has 0 aliphatic rings. The van der Waals surface area contributed by atoms with Gasteiger partial charge >= 0.3 is 36.2 Å². The number of hydrogen-bond acceptors (Lipinski definition) is 15. The Labute approximate surface area is 509 Å². The Morgan fingerprint density at radius 3 is 1.20 bits per heavy atom. The third-order valence-electron chi connectivity index (χ3n) is 9.86. The molecule has 5 aromatic rings. The molecule has 25 nitrogen and oxygen atoms in total. The number of thiazole rings is 1. The number of carbonyl (C=O) groups excluding carboxylic acids is 5. The van der Waals surface area contributed by atoms with Crippen LogP contribution < -0.4 is 53.2 Å². The molecule has 0 radical (unpaired) electrons. The van der Waals surface area contributed by atoms with Crippen LogP contribution in [0.25, 0.3) is 0 Å². The first-order valence-electron chi connectivity index (χ1n) is 28.2. The maximum absolute atomic E-state index is 11.6. The van der Waals surface area contributed by atoms with E-state index in [4.69, 9.17) is 13.5 Å². The minimum Gasteiger partial charge on any atom is -0.407 e. The first kappa shape index (κ1) is 75.8. The topological polar surface area (TPSA) is 338 Å². The first-order chi connectivity index (χ1) is 37.9. The maximum Gasteiger partial charge on any atom is 0.323 e. The highest BCUT2D eigenvalue weighted by atomic mass is 32.1. The first-order valence-corrected chi connectivity index (χ1v) is 29.0. The van der Waals surface area contributed by atoms with Crippen molar-refractivity contribution in [1.29, 1.82) is 0 Å². The van der Waals surface area contributed by atoms with Crippen LogP contribution in [0.3, 0.4) is 0 Å². The van der Waals surface area contributed by atoms with E-state index in [9.17, 15) is 24.0 Å². The van der Waals surface area contributed by atoms with Crippen LogP contribution in [-0.4, -0.2) is 93.5 Å². The Kier molecular flexibility index (Phi) is 26.1. The molecular weight excluding hydrogens is 1110 g/mol. The molecule has 0 aromatic carbocycles. The molecule has 5 rings (SSSR count). The van der Waals surface area contributed by atoms with Crippen LogP contribution in [0.2, 0.25) is 0 Å². The zero-order valence-electron chi connectivity index (χ0n) is 56.7. The summed E-state index contributed by atoms with van der Waals surface area (Å²) in [7, 11) is 0. The number of amides is 10. The van der Waals surface area contributed by atoms with E-state index in [0.717, 1.165) is 22.8 Å². The molecule has 10 amide bonds. The molecule has 0 unspecified atom stereocenters. The van der Waals surface area contributed by atoms with Crippen molar-refractivity contribution in [2.24, 2.45) is 0 Å². The van der Waals surface area contributed by atoms with E-state index in [-0.39, 0.29) is 90.9 Å². The fraction of sp³-hybridized carbons (Fsp3) is 0.678. The van der Waals surface area contributed by atoms with Crippen molar-refractivity contribution in [2.75, 3.05) is 26.6 Å². The highest BCUT2D eigenvalue weighted by Crippen LogP contribution is 2.28. The number of nitrogens with zero attached hydrogens (tertiary/aromatic N) is 6. The van der Waals surface area contributed by atoms with Crippen molar-refractivity contribution in [3.8, 4) is 0 Å². The molecule has 0 spiro atoms. The molecule has 0 saturated carbocycles. The monoisotopic (exact) mass is 1210 g/mol. The Morgan fingerprint density at radius 2 is 0.847 bits per heavy atom. The molecule has 0 aliphatic carbocycles. The van der Waals surface area contributed by atoms with E-state index in [1.807, 2.05) is 178 Å². The zero-order chi connectivity index (χ0) is 66.3. The third-order valence-corrected chi connectivity index (χ3v) is 10.6. The number of carbonyl (C=O) groups is 5. The highest BCUT2D eigenvalue weighted by Gasteiger charge is 2.26. The van der Waals surface area contributed by atoms with Crippen LogP contribution in [0.5, 0.6) is 0 Å². The summed E-state index contributed by atoms with van der Waals surface area (Å²) in [6.45, 7) is 59.3. The van der Waals surface area contributed by atoms with Crippen LogP contribution in [0.1, 0.15) is 236 Å². The minimum absolute atomic E-state index is 0.00651. The normalized spacial score (nSPS) is 12.4. The fourth-order valence-corrected chi connectivity index (χ4v) is 6.73. The molecule has 0 saturated heterocycles. The summed E-state index contributed by atoms with van der Waals surface area (Å²) in [4.78, 5) is 62.3. The minimum atomic E-state index is -0.360. The Hall–Kier alpha value is -7.25. The van der Waals surface area contributed by atoms with Gasteiger partial charge in [0, 0.05) is 84.0 Å². The molecule has 480 valence electrons. The van der Waals surface area contributed by atoms with Gasteiger partial charge in [-0.25, -0.2) is 29.0 Å². The van der Waals surface area contributed by atoms with Crippen LogP contribution in [0.4, 0.5) is 52.6 Å². The number of H-pyrrole nitrogens is 1. The summed E-state index contributed by atoms with van der Waals surface area (Å²) in [6.07, 6.45) is 0. The second kappa shape index (κ2) is 29.2. The van der Waals surface area contributed by atoms with Crippen LogP contribution in [0, 0.1) is 0 Å². The second-order valence-electron chi connectivity index (χ2n) is 30.7. The van der Waals surface area contributed by atoms with Crippen molar-refractivity contribution < 1.29 is 37.4 Å². The summed E-state index contributed by atoms with van der Waals surface area (Å²) in [5.41, 5.74) is 0.992. The number of urea groups is 5. The lowest BCUT2D eigenvalue weighted by Gasteiger charge is -2.20. The number of aromatic nitrogens is 7. The van der Waals surface area contributed by atoms with Crippen LogP contribution >= 0.6 is 11.3 Å². The van der Waals surface area contributed by atoms with Crippen molar-refractivity contribution in [2.45, 2.75) is 262 Å². The third kappa shape index (κ3) is 33.7. The van der Waals surface area contributed by atoms with Gasteiger partial charge in [-0.1, -0.05) is 119 Å². The Bertz CT molecular complexity index is 2440. The average Bonchev–Trinajstić information content (AvgIpc) is 4.20. The second-order valence-corrected chi connectivity index (χ2v) is 31.5. The van der Waals surface area contributed by atoms with Crippen LogP contribution in [-0.2, 0) is 27.1 Å². The lowest BCUT2D eigenvalue weighted by Crippen LogP contribution is -2.43. The molecule has 11 N–H and O–H groups in total. The molecule has 85 heavy (non-hydrogen) atoms. The van der Waals surface area contributed by atoms with E-state index >= 15 is 0 Å². The lowest BCUT2D eigenvalue weighted by atomic mass is 9.92. The number of anilines is 5. The van der Waals surface area contributed by atoms with E-state index in [2.05, 4.69) is 130 Å². The maximum atomic E-state index is 11.6. The summed E-state index contributed by atoms with van der Waals surface area (Å²) in [5, 5.41) is 52.1. The van der Waals surface area contributed by atoms with E-state index in [1.54, 1.807) is 12.1 Å². The molecule has 5 aromatic heterocycles. The van der Waals surface area contributed by atoms with Gasteiger partial charge in [-0.2, -0.15) is 5.10 Å². The molecular formula is C59H105N17O8S. The summed E-state index contributed by atoms with van der Waals surface area (Å²) in [6, 6.07) is 4.03. The quantitative estimate of drug-likeness (QED) is 0.0779. The van der Waals surface area contributed by atoms with Crippen molar-refractivity contribution in [3.63, 3.8) is 0 Å². The predicted molar refractivity (Wildman–Crippen MR) is 341 cm³/mol. The van der Waals surface area contributed by atoms with Gasteiger partial charge in [0.05, 0.1) is 11.4 Å². The van der Waals surface area contributed by atoms with Gasteiger partial charge in [0.2, 0.25) is 11.8 Å². The summed E-state index contributed by atoms with van der Waals surface area (Å²) in [5.74, 6) is 2.55. The number of rotatable bonds is 5. The van der Waals surface area contributed by atoms with E-state index in [1.165, 1.54) is 11.3 Å². The van der Waals surface area contributed by atoms with Crippen molar-refractivity contribution in [1.82, 2.24) is 62.3 Å². The Balaban J connectivity index is 0.000000531. The predicted octanol–water partition coefficient (Wildman–Crippen LogP) is 14.1. The average molecular weight is 1210 g/mol. The SMILES string of the molecule is CC(C)(C)NC(=O)Nc1cc(C(C)(C)C)[nH]n1.CC(C)(C)NC(=O)Nc1cc(C(C)(C)C)no1.CC(C)(C)NC(=O)Nc1cc(C(C)(C)C)on1.CC(C)(C)NC(=O)Nc1nc(C(C)(C)C)cs1.CC(C)(C)NC(=O)Nc1nnc(C(C)(C)C)o1. The molecule has 0 fully saturated rings. The molecule has 26 heteroatoms. The lowest BCUT2D eigenvalue weighted by molar-refractivity contribution is 0.241. The standard InChI is InChI=1S/C12H22N4O.2C12H21N3O2.C12H21N3OS.C11H20N4O2/c1-11(2,3)8-7-9(16-15-8)13-10(17)14-12(4,5)6;1-11(2,3)8-7-9(15-17-8)13-10(16)14-12(4,5)6;1-11(2,3)8-7-9(17-15-8)13-10(16)14-12(4,5)6;1-11(2,3)8-7-17-10(13-8)14-9(16)15-12(4,5)6;1-10(2,3)7-14-15-9(17-7)12-8(16)13-11(4,5)6/h7H,1-6H3,(H3,13,14,15,16,17);7H,1-6H3,(H2,13,14,15,16);7H,1-6H3,(H2,13,14,16);7H,1-6H3,(H2,13,14,15,16);1-6H3,(H2,12,13,15,16). The number of hydrogen-bond donors (Lipinski definition) is 11. The van der Waals surface area contributed by atoms with Gasteiger partial charge in [-0.15, -0.1) is 16.4 Å². The van der Waals surface area contributed by atoms with Gasteiger partial charge in [0.1, 0.15) is 5.76 Å². The van der Waals surface area contributed by atoms with Crippen molar-refractivity contribution in [3.05, 3.63) is 52.3 Å². The summed E-state index contributed by atoms with van der Waals surface area (Å²) < 4.78 is 15.6. The largest absolute Gasteiger partial charge is 0.407 e. The molecule has 5 heterocycles. The van der Waals surface area contributed by atoms with E-state index < -0.39 is 0 Å². The summed E-state index contributed by atoms with van der Waals surface area (Å²) >= 11 is 1.45. The van der Waals surface area contributed by atoms with Gasteiger partial charge in [-0.3, -0.25) is 31.7 Å². The fourth-order valence-electron chi connectivity index (χ4n) is 5.80. The molecule has 0 atom stereocenters. The van der Waals surface area contributed by atoms with Crippen LogP contribution in [0.15, 0.2) is 37.0 Å². The molecule has 0 bridgehead atoms.